The maximum absolute atomic E-state index is 10.2. The third kappa shape index (κ3) is 4.46. The molecule has 49 valence electrons. The molecule has 5 nitrogen and oxygen atoms in total. The second kappa shape index (κ2) is 4.76. The molecule has 0 aromatic heterocycles. The molecule has 9 heavy (non-hydrogen) atoms. The summed E-state index contributed by atoms with van der Waals surface area (Å²) >= 11 is 0. The van der Waals surface area contributed by atoms with Crippen LogP contribution in [0.5, 0.6) is 0 Å². The molecule has 0 aromatic carbocycles. The lowest BCUT2D eigenvalue weighted by Crippen LogP contribution is -2.21. The van der Waals surface area contributed by atoms with Gasteiger partial charge in [-0.15, -0.1) is 0 Å². The van der Waals surface area contributed by atoms with Crippen LogP contribution in [0.3, 0.4) is 0 Å². The third-order valence-corrected chi connectivity index (χ3v) is 0.450. The van der Waals surface area contributed by atoms with Gasteiger partial charge >= 0.3 is 6.41 Å². The molecule has 0 aliphatic heterocycles. The van der Waals surface area contributed by atoms with Crippen LogP contribution in [0.2, 0.25) is 0 Å². The van der Waals surface area contributed by atoms with Gasteiger partial charge in [-0.3, -0.25) is 14.9 Å². The van der Waals surface area contributed by atoms with Crippen LogP contribution in [0.15, 0.2) is 5.16 Å². The SMILES string of the molecule is CON=CC(=O)N[C]=O. The van der Waals surface area contributed by atoms with E-state index in [4.69, 9.17) is 0 Å². The van der Waals surface area contributed by atoms with Crippen LogP contribution < -0.4 is 5.32 Å². The lowest BCUT2D eigenvalue weighted by Gasteiger charge is -1.84. The fraction of sp³-hybridized carbons (Fsp3) is 0.250. The molecule has 0 rings (SSSR count). The van der Waals surface area contributed by atoms with E-state index < -0.39 is 5.91 Å². The first-order chi connectivity index (χ1) is 4.31. The largest absolute Gasteiger partial charge is 0.399 e. The zero-order valence-electron chi connectivity index (χ0n) is 4.75. The second-order valence-corrected chi connectivity index (χ2v) is 1.01. The van der Waals surface area contributed by atoms with Gasteiger partial charge in [0.1, 0.15) is 13.3 Å². The second-order valence-electron chi connectivity index (χ2n) is 1.01. The van der Waals surface area contributed by atoms with E-state index in [1.54, 1.807) is 5.32 Å². The predicted octanol–water partition coefficient (Wildman–Crippen LogP) is -1.20. The Bertz CT molecular complexity index is 132. The molecule has 2 amide bonds. The van der Waals surface area contributed by atoms with E-state index in [-0.39, 0.29) is 0 Å². The van der Waals surface area contributed by atoms with Gasteiger partial charge < -0.3 is 4.84 Å². The van der Waals surface area contributed by atoms with Crippen LogP contribution in [-0.4, -0.2) is 25.6 Å². The van der Waals surface area contributed by atoms with Crippen molar-refractivity contribution in [3.05, 3.63) is 0 Å². The predicted molar refractivity (Wildman–Crippen MR) is 29.3 cm³/mol. The highest BCUT2D eigenvalue weighted by atomic mass is 16.6. The van der Waals surface area contributed by atoms with Crippen molar-refractivity contribution in [2.45, 2.75) is 0 Å². The number of hydrogen-bond acceptors (Lipinski definition) is 4. The number of amides is 2. The molecular weight excluding hydrogens is 124 g/mol. The van der Waals surface area contributed by atoms with E-state index in [0.29, 0.717) is 0 Å². The maximum atomic E-state index is 10.2. The van der Waals surface area contributed by atoms with Crippen molar-refractivity contribution >= 4 is 18.5 Å². The van der Waals surface area contributed by atoms with Gasteiger partial charge in [-0.2, -0.15) is 0 Å². The molecule has 1 radical (unpaired) electrons. The molecule has 0 saturated heterocycles. The zero-order chi connectivity index (χ0) is 7.11. The number of nitrogens with one attached hydrogen (secondary N) is 1. The van der Waals surface area contributed by atoms with Crippen molar-refractivity contribution < 1.29 is 14.4 Å². The first kappa shape index (κ1) is 7.61. The molecule has 0 aliphatic carbocycles. The van der Waals surface area contributed by atoms with E-state index >= 15 is 0 Å². The summed E-state index contributed by atoms with van der Waals surface area (Å²) in [6.07, 6.45) is 2.00. The van der Waals surface area contributed by atoms with E-state index in [1.807, 2.05) is 0 Å². The minimum atomic E-state index is -0.660. The molecule has 0 heterocycles. The van der Waals surface area contributed by atoms with Gasteiger partial charge in [0.15, 0.2) is 0 Å². The quantitative estimate of drug-likeness (QED) is 0.295. The van der Waals surface area contributed by atoms with Gasteiger partial charge in [0, 0.05) is 0 Å². The first-order valence-electron chi connectivity index (χ1n) is 2.05. The smallest absolute Gasteiger partial charge is 0.316 e. The summed E-state index contributed by atoms with van der Waals surface area (Å²) in [4.78, 5) is 23.8. The lowest BCUT2D eigenvalue weighted by molar-refractivity contribution is -0.113. The Kier molecular flexibility index (Phi) is 4.03. The Morgan fingerprint density at radius 1 is 1.89 bits per heavy atom. The monoisotopic (exact) mass is 129 g/mol. The van der Waals surface area contributed by atoms with Crippen LogP contribution in [0, 0.1) is 0 Å². The molecule has 0 saturated carbocycles. The molecular formula is C4H5N2O3. The van der Waals surface area contributed by atoms with Gasteiger partial charge in [-0.25, -0.2) is 0 Å². The summed E-state index contributed by atoms with van der Waals surface area (Å²) in [7, 11) is 1.29. The maximum Gasteiger partial charge on any atom is 0.316 e. The standard InChI is InChI=1S/C4H5N2O3/c1-9-6-2-4(8)5-3-7/h2H,1H3,(H,5,7,8). The minimum absolute atomic E-state index is 0.660. The summed E-state index contributed by atoms with van der Waals surface area (Å²) in [5, 5.41) is 4.78. The fourth-order valence-electron chi connectivity index (χ4n) is 0.183. The molecule has 5 heteroatoms. The highest BCUT2D eigenvalue weighted by Crippen LogP contribution is 1.62. The van der Waals surface area contributed by atoms with Gasteiger partial charge in [0.25, 0.3) is 5.91 Å². The number of nitrogens with zero attached hydrogens (tertiary/aromatic N) is 1. The Balaban J connectivity index is 3.49. The Labute approximate surface area is 51.7 Å². The number of imide groups is 1. The zero-order valence-corrected chi connectivity index (χ0v) is 4.75. The minimum Gasteiger partial charge on any atom is -0.399 e. The highest BCUT2D eigenvalue weighted by molar-refractivity contribution is 6.28. The molecule has 0 bridgehead atoms. The van der Waals surface area contributed by atoms with Crippen LogP contribution >= 0.6 is 0 Å². The molecule has 0 atom stereocenters. The van der Waals surface area contributed by atoms with Crippen molar-refractivity contribution in [2.75, 3.05) is 7.11 Å². The van der Waals surface area contributed by atoms with Gasteiger partial charge in [0.05, 0.1) is 0 Å². The molecule has 0 spiro atoms. The fourth-order valence-corrected chi connectivity index (χ4v) is 0.183. The molecule has 0 aromatic rings. The topological polar surface area (TPSA) is 67.8 Å². The van der Waals surface area contributed by atoms with Crippen molar-refractivity contribution in [3.8, 4) is 0 Å². The average Bonchev–Trinajstić information content (AvgIpc) is 1.85. The van der Waals surface area contributed by atoms with Crippen molar-refractivity contribution in [1.29, 1.82) is 0 Å². The summed E-state index contributed by atoms with van der Waals surface area (Å²) < 4.78 is 0. The Hall–Kier alpha value is -1.39. The van der Waals surface area contributed by atoms with Gasteiger partial charge in [-0.1, -0.05) is 5.16 Å². The van der Waals surface area contributed by atoms with Crippen LogP contribution in [-0.2, 0) is 14.4 Å². The molecule has 1 N–H and O–H groups in total. The molecule has 0 unspecified atom stereocenters. The summed E-state index contributed by atoms with van der Waals surface area (Å²) in [6, 6.07) is 0. The van der Waals surface area contributed by atoms with E-state index in [1.165, 1.54) is 13.5 Å². The number of oxime groups is 1. The van der Waals surface area contributed by atoms with Gasteiger partial charge in [-0.05, 0) is 0 Å². The van der Waals surface area contributed by atoms with Crippen LogP contribution in [0.4, 0.5) is 0 Å². The Morgan fingerprint density at radius 3 is 3.00 bits per heavy atom. The summed E-state index contributed by atoms with van der Waals surface area (Å²) in [5.74, 6) is -0.660. The van der Waals surface area contributed by atoms with Crippen molar-refractivity contribution in [1.82, 2.24) is 5.32 Å². The van der Waals surface area contributed by atoms with Crippen LogP contribution in [0.25, 0.3) is 0 Å². The Morgan fingerprint density at radius 2 is 2.56 bits per heavy atom. The van der Waals surface area contributed by atoms with E-state index in [9.17, 15) is 9.59 Å². The van der Waals surface area contributed by atoms with Crippen LogP contribution in [0.1, 0.15) is 0 Å². The summed E-state index contributed by atoms with van der Waals surface area (Å²) in [5.41, 5.74) is 0. The number of carbonyl (C=O) groups is 1. The number of hydrogen-bond donors (Lipinski definition) is 1. The third-order valence-electron chi connectivity index (χ3n) is 0.450. The van der Waals surface area contributed by atoms with E-state index in [0.717, 1.165) is 6.21 Å². The summed E-state index contributed by atoms with van der Waals surface area (Å²) in [6.45, 7) is 0. The van der Waals surface area contributed by atoms with Crippen molar-refractivity contribution in [3.63, 3.8) is 0 Å². The average molecular weight is 129 g/mol. The number of rotatable bonds is 3. The lowest BCUT2D eigenvalue weighted by atomic mass is 10.7. The number of carbonyl (C=O) groups excluding carboxylic acids is 2. The molecule has 0 fully saturated rings. The van der Waals surface area contributed by atoms with Crippen molar-refractivity contribution in [2.24, 2.45) is 5.16 Å². The molecule has 0 aliphatic rings. The van der Waals surface area contributed by atoms with Gasteiger partial charge in [0.2, 0.25) is 0 Å². The highest BCUT2D eigenvalue weighted by Gasteiger charge is 1.90. The first-order valence-corrected chi connectivity index (χ1v) is 2.05. The van der Waals surface area contributed by atoms with E-state index in [2.05, 4.69) is 9.99 Å². The normalized spacial score (nSPS) is 9.00.